The summed E-state index contributed by atoms with van der Waals surface area (Å²) in [6, 6.07) is 7.24. The molecule has 0 spiro atoms. The maximum Gasteiger partial charge on any atom is 0.265 e. The van der Waals surface area contributed by atoms with E-state index in [-0.39, 0.29) is 24.9 Å². The van der Waals surface area contributed by atoms with Gasteiger partial charge in [0.1, 0.15) is 5.75 Å². The van der Waals surface area contributed by atoms with Crippen LogP contribution in [0, 0.1) is 0 Å². The minimum absolute atomic E-state index is 0.00597. The summed E-state index contributed by atoms with van der Waals surface area (Å²) in [6.07, 6.45) is -0.725. The van der Waals surface area contributed by atoms with Gasteiger partial charge in [0, 0.05) is 0 Å². The minimum Gasteiger partial charge on any atom is -0.482 e. The molecule has 1 N–H and O–H groups in total. The number of rotatable bonds is 3. The van der Waals surface area contributed by atoms with Gasteiger partial charge < -0.3 is 14.7 Å². The zero-order valence-corrected chi connectivity index (χ0v) is 9.35. The Morgan fingerprint density at radius 3 is 3.00 bits per heavy atom. The Kier molecular flexibility index (Phi) is 3.31. The molecule has 0 saturated heterocycles. The average Bonchev–Trinajstić information content (AvgIpc) is 2.32. The molecule has 0 aliphatic carbocycles. The van der Waals surface area contributed by atoms with Crippen LogP contribution < -0.4 is 9.64 Å². The van der Waals surface area contributed by atoms with Crippen molar-refractivity contribution in [3.05, 3.63) is 24.3 Å². The molecule has 1 aliphatic heterocycles. The number of para-hydroxylation sites is 2. The summed E-state index contributed by atoms with van der Waals surface area (Å²) in [5, 5.41) is 9.49. The SMILES string of the molecule is O=C1COc2ccccc2N1CC(O)CCl. The lowest BCUT2D eigenvalue weighted by molar-refractivity contribution is -0.121. The fourth-order valence-corrected chi connectivity index (χ4v) is 1.71. The maximum absolute atomic E-state index is 11.7. The van der Waals surface area contributed by atoms with Crippen molar-refractivity contribution >= 4 is 23.2 Å². The van der Waals surface area contributed by atoms with E-state index in [0.29, 0.717) is 11.4 Å². The van der Waals surface area contributed by atoms with Crippen LogP contribution in [0.3, 0.4) is 0 Å². The summed E-state index contributed by atoms with van der Waals surface area (Å²) in [6.45, 7) is 0.203. The molecule has 1 unspecified atom stereocenters. The fourth-order valence-electron chi connectivity index (χ4n) is 1.61. The van der Waals surface area contributed by atoms with Gasteiger partial charge in [-0.05, 0) is 12.1 Å². The van der Waals surface area contributed by atoms with Crippen LogP contribution in [-0.4, -0.2) is 36.1 Å². The van der Waals surface area contributed by atoms with Gasteiger partial charge in [-0.2, -0.15) is 0 Å². The van der Waals surface area contributed by atoms with E-state index >= 15 is 0 Å². The number of β-amino-alcohol motifs (C(OH)–C–C–N with tert-alkyl or cyclic N) is 1. The van der Waals surface area contributed by atoms with Crippen molar-refractivity contribution in [2.24, 2.45) is 0 Å². The van der Waals surface area contributed by atoms with Crippen LogP contribution in [0.15, 0.2) is 24.3 Å². The number of benzene rings is 1. The molecule has 86 valence electrons. The zero-order chi connectivity index (χ0) is 11.5. The molecule has 0 fully saturated rings. The fraction of sp³-hybridized carbons (Fsp3) is 0.364. The molecule has 4 nitrogen and oxygen atoms in total. The van der Waals surface area contributed by atoms with Crippen LogP contribution in [0.4, 0.5) is 5.69 Å². The van der Waals surface area contributed by atoms with Gasteiger partial charge in [-0.1, -0.05) is 12.1 Å². The number of fused-ring (bicyclic) bond motifs is 1. The van der Waals surface area contributed by atoms with Crippen LogP contribution in [0.2, 0.25) is 0 Å². The van der Waals surface area contributed by atoms with Crippen molar-refractivity contribution in [3.63, 3.8) is 0 Å². The molecule has 1 heterocycles. The largest absolute Gasteiger partial charge is 0.482 e. The van der Waals surface area contributed by atoms with Crippen molar-refractivity contribution in [1.82, 2.24) is 0 Å². The minimum atomic E-state index is -0.725. The molecular weight excluding hydrogens is 230 g/mol. The third kappa shape index (κ3) is 2.13. The van der Waals surface area contributed by atoms with E-state index in [0.717, 1.165) is 0 Å². The summed E-state index contributed by atoms with van der Waals surface area (Å²) in [7, 11) is 0. The maximum atomic E-state index is 11.7. The third-order valence-corrected chi connectivity index (χ3v) is 2.74. The van der Waals surface area contributed by atoms with Crippen LogP contribution in [0.1, 0.15) is 0 Å². The van der Waals surface area contributed by atoms with Gasteiger partial charge in [0.15, 0.2) is 6.61 Å². The summed E-state index contributed by atoms with van der Waals surface area (Å²) < 4.78 is 5.28. The highest BCUT2D eigenvalue weighted by Crippen LogP contribution is 2.31. The van der Waals surface area contributed by atoms with Crippen molar-refractivity contribution < 1.29 is 14.6 Å². The predicted octanol–water partition coefficient (Wildman–Crippen LogP) is 1.01. The molecule has 0 saturated carbocycles. The lowest BCUT2D eigenvalue weighted by Crippen LogP contribution is -2.43. The average molecular weight is 242 g/mol. The van der Waals surface area contributed by atoms with Gasteiger partial charge in [0.2, 0.25) is 0 Å². The summed E-state index contributed by atoms with van der Waals surface area (Å²) >= 11 is 5.53. The van der Waals surface area contributed by atoms with Crippen molar-refractivity contribution in [2.45, 2.75) is 6.10 Å². The van der Waals surface area contributed by atoms with Crippen LogP contribution in [0.25, 0.3) is 0 Å². The van der Waals surface area contributed by atoms with E-state index in [2.05, 4.69) is 0 Å². The molecule has 5 heteroatoms. The Balaban J connectivity index is 2.26. The van der Waals surface area contributed by atoms with Crippen molar-refractivity contribution in [1.29, 1.82) is 0 Å². The zero-order valence-electron chi connectivity index (χ0n) is 8.60. The monoisotopic (exact) mass is 241 g/mol. The first-order chi connectivity index (χ1) is 7.72. The number of ether oxygens (including phenoxy) is 1. The van der Waals surface area contributed by atoms with Gasteiger partial charge >= 0.3 is 0 Å². The van der Waals surface area contributed by atoms with Gasteiger partial charge in [-0.3, -0.25) is 4.79 Å². The highest BCUT2D eigenvalue weighted by molar-refractivity contribution is 6.18. The topological polar surface area (TPSA) is 49.8 Å². The van der Waals surface area contributed by atoms with E-state index in [1.165, 1.54) is 4.90 Å². The van der Waals surface area contributed by atoms with Gasteiger partial charge in [-0.15, -0.1) is 11.6 Å². The molecule has 1 atom stereocenters. The second kappa shape index (κ2) is 4.72. The Hall–Kier alpha value is -1.26. The lowest BCUT2D eigenvalue weighted by atomic mass is 10.2. The number of carbonyl (C=O) groups excluding carboxylic acids is 1. The number of aliphatic hydroxyl groups is 1. The Labute approximate surface area is 98.4 Å². The van der Waals surface area contributed by atoms with E-state index < -0.39 is 6.10 Å². The van der Waals surface area contributed by atoms with Crippen molar-refractivity contribution in [3.8, 4) is 5.75 Å². The molecule has 1 aromatic carbocycles. The molecule has 0 aromatic heterocycles. The second-order valence-corrected chi connectivity index (χ2v) is 3.88. The van der Waals surface area contributed by atoms with E-state index in [1.807, 2.05) is 12.1 Å². The molecule has 16 heavy (non-hydrogen) atoms. The Morgan fingerprint density at radius 1 is 1.50 bits per heavy atom. The lowest BCUT2D eigenvalue weighted by Gasteiger charge is -2.30. The van der Waals surface area contributed by atoms with E-state index in [9.17, 15) is 9.90 Å². The molecular formula is C11H12ClNO3. The number of nitrogens with zero attached hydrogens (tertiary/aromatic N) is 1. The number of halogens is 1. The Bertz CT molecular complexity index is 397. The Morgan fingerprint density at radius 2 is 2.25 bits per heavy atom. The summed E-state index contributed by atoms with van der Waals surface area (Å²) in [5.74, 6) is 0.596. The predicted molar refractivity (Wildman–Crippen MR) is 61.0 cm³/mol. The number of hydrogen-bond donors (Lipinski definition) is 1. The highest BCUT2D eigenvalue weighted by Gasteiger charge is 2.26. The van der Waals surface area contributed by atoms with Crippen LogP contribution in [0.5, 0.6) is 5.75 Å². The molecule has 0 radical (unpaired) electrons. The summed E-state index contributed by atoms with van der Waals surface area (Å²) in [5.41, 5.74) is 0.683. The number of carbonyl (C=O) groups is 1. The first-order valence-corrected chi connectivity index (χ1v) is 5.52. The first-order valence-electron chi connectivity index (χ1n) is 4.98. The van der Waals surface area contributed by atoms with Gasteiger partial charge in [0.05, 0.1) is 24.2 Å². The first kappa shape index (κ1) is 11.2. The van der Waals surface area contributed by atoms with Gasteiger partial charge in [0.25, 0.3) is 5.91 Å². The van der Waals surface area contributed by atoms with Crippen LogP contribution >= 0.6 is 11.6 Å². The number of amides is 1. The number of anilines is 1. The third-order valence-electron chi connectivity index (χ3n) is 2.38. The molecule has 1 amide bonds. The standard InChI is InChI=1S/C11H12ClNO3/c12-5-8(14)6-13-9-3-1-2-4-10(9)16-7-11(13)15/h1-4,8,14H,5-7H2. The number of hydrogen-bond acceptors (Lipinski definition) is 3. The van der Waals surface area contributed by atoms with Gasteiger partial charge in [-0.25, -0.2) is 0 Å². The molecule has 2 rings (SSSR count). The second-order valence-electron chi connectivity index (χ2n) is 3.57. The van der Waals surface area contributed by atoms with E-state index in [1.54, 1.807) is 12.1 Å². The summed E-state index contributed by atoms with van der Waals surface area (Å²) in [4.78, 5) is 13.2. The molecule has 1 aliphatic rings. The molecule has 1 aromatic rings. The van der Waals surface area contributed by atoms with Crippen molar-refractivity contribution in [2.75, 3.05) is 23.9 Å². The molecule has 0 bridgehead atoms. The van der Waals surface area contributed by atoms with E-state index in [4.69, 9.17) is 16.3 Å². The normalized spacial score (nSPS) is 16.6. The number of alkyl halides is 1. The quantitative estimate of drug-likeness (QED) is 0.804. The van der Waals surface area contributed by atoms with Crippen LogP contribution in [-0.2, 0) is 4.79 Å². The highest BCUT2D eigenvalue weighted by atomic mass is 35.5. The smallest absolute Gasteiger partial charge is 0.265 e. The number of aliphatic hydroxyl groups excluding tert-OH is 1.